The molecule has 26 heavy (non-hydrogen) atoms. The molecular formula is C22H24BrNO2. The summed E-state index contributed by atoms with van der Waals surface area (Å²) in [7, 11) is 0. The molecule has 1 aliphatic carbocycles. The molecule has 1 heterocycles. The zero-order chi connectivity index (χ0) is 18.1. The van der Waals surface area contributed by atoms with Gasteiger partial charge in [0, 0.05) is 35.6 Å². The fraction of sp³-hybridized carbons (Fsp3) is 0.409. The molecule has 1 saturated heterocycles. The summed E-state index contributed by atoms with van der Waals surface area (Å²) in [5, 5.41) is 11.1. The number of piperidine rings is 1. The van der Waals surface area contributed by atoms with Gasteiger partial charge in [-0.25, -0.2) is 0 Å². The fourth-order valence-corrected chi connectivity index (χ4v) is 4.72. The number of hydrogen-bond donors (Lipinski definition) is 1. The summed E-state index contributed by atoms with van der Waals surface area (Å²) >= 11 is 3.49. The predicted octanol–water partition coefficient (Wildman–Crippen LogP) is 4.18. The van der Waals surface area contributed by atoms with Crippen molar-refractivity contribution in [3.63, 3.8) is 0 Å². The maximum absolute atomic E-state index is 12.8. The van der Waals surface area contributed by atoms with Crippen molar-refractivity contribution in [3.05, 3.63) is 69.7 Å². The van der Waals surface area contributed by atoms with Crippen molar-refractivity contribution in [3.8, 4) is 0 Å². The van der Waals surface area contributed by atoms with Gasteiger partial charge in [0.2, 0.25) is 0 Å². The van der Waals surface area contributed by atoms with Crippen molar-refractivity contribution in [1.29, 1.82) is 0 Å². The highest BCUT2D eigenvalue weighted by Crippen LogP contribution is 2.35. The van der Waals surface area contributed by atoms with E-state index < -0.39 is 5.60 Å². The number of nitrogens with zero attached hydrogens (tertiary/aromatic N) is 1. The van der Waals surface area contributed by atoms with Crippen LogP contribution in [-0.4, -0.2) is 35.4 Å². The number of aliphatic hydroxyl groups is 1. The first-order valence-electron chi connectivity index (χ1n) is 9.38. The number of carbonyl (C=O) groups is 1. The number of aryl methyl sites for hydroxylation is 1. The van der Waals surface area contributed by atoms with Crippen LogP contribution in [0.5, 0.6) is 0 Å². The minimum atomic E-state index is -0.760. The second kappa shape index (κ2) is 7.26. The molecule has 4 rings (SSSR count). The Morgan fingerprint density at radius 2 is 1.88 bits per heavy atom. The molecule has 2 aliphatic rings. The van der Waals surface area contributed by atoms with E-state index in [1.54, 1.807) is 0 Å². The zero-order valence-electron chi connectivity index (χ0n) is 14.8. The molecule has 0 radical (unpaired) electrons. The lowest BCUT2D eigenvalue weighted by Gasteiger charge is -2.40. The number of hydrogen-bond acceptors (Lipinski definition) is 3. The van der Waals surface area contributed by atoms with Gasteiger partial charge in [-0.2, -0.15) is 0 Å². The largest absolute Gasteiger partial charge is 0.385 e. The van der Waals surface area contributed by atoms with Crippen LogP contribution < -0.4 is 0 Å². The molecule has 3 nitrogen and oxygen atoms in total. The Hall–Kier alpha value is -1.49. The van der Waals surface area contributed by atoms with Gasteiger partial charge >= 0.3 is 0 Å². The molecule has 1 unspecified atom stereocenters. The number of likely N-dealkylation sites (tertiary alicyclic amines) is 1. The first kappa shape index (κ1) is 17.9. The average Bonchev–Trinajstić information content (AvgIpc) is 2.66. The third kappa shape index (κ3) is 3.51. The molecule has 1 fully saturated rings. The van der Waals surface area contributed by atoms with Gasteiger partial charge in [0.05, 0.1) is 5.60 Å². The van der Waals surface area contributed by atoms with E-state index in [4.69, 9.17) is 0 Å². The van der Waals surface area contributed by atoms with Gasteiger partial charge in [-0.15, -0.1) is 0 Å². The molecule has 0 amide bonds. The molecule has 2 aromatic rings. The minimum Gasteiger partial charge on any atom is -0.385 e. The number of Topliss-reactive ketones (excluding diaryl/α,β-unsaturated/α-hetero) is 1. The third-order valence-electron chi connectivity index (χ3n) is 5.94. The SMILES string of the molecule is O=C1c2ccccc2CCC1CN1CCC(O)(c2cccc(Br)c2)CC1. The van der Waals surface area contributed by atoms with Crippen LogP contribution in [0.25, 0.3) is 0 Å². The second-order valence-corrected chi connectivity index (χ2v) is 8.52. The molecule has 1 atom stereocenters. The van der Waals surface area contributed by atoms with E-state index in [0.717, 1.165) is 48.1 Å². The Labute approximate surface area is 163 Å². The summed E-state index contributed by atoms with van der Waals surface area (Å²) in [5.74, 6) is 0.377. The maximum atomic E-state index is 12.8. The van der Waals surface area contributed by atoms with Crippen LogP contribution >= 0.6 is 15.9 Å². The Balaban J connectivity index is 1.39. The van der Waals surface area contributed by atoms with Gasteiger partial charge in [0.25, 0.3) is 0 Å². The van der Waals surface area contributed by atoms with Crippen molar-refractivity contribution < 1.29 is 9.90 Å². The van der Waals surface area contributed by atoms with Crippen LogP contribution in [0.4, 0.5) is 0 Å². The van der Waals surface area contributed by atoms with Crippen LogP contribution in [0.1, 0.15) is 40.7 Å². The number of carbonyl (C=O) groups excluding carboxylic acids is 1. The Kier molecular flexibility index (Phi) is 5.00. The van der Waals surface area contributed by atoms with Crippen LogP contribution in [0, 0.1) is 5.92 Å². The fourth-order valence-electron chi connectivity index (χ4n) is 4.32. The quantitative estimate of drug-likeness (QED) is 0.820. The first-order chi connectivity index (χ1) is 12.5. The molecule has 136 valence electrons. The van der Waals surface area contributed by atoms with E-state index in [2.05, 4.69) is 26.9 Å². The Morgan fingerprint density at radius 1 is 1.12 bits per heavy atom. The average molecular weight is 414 g/mol. The van der Waals surface area contributed by atoms with E-state index in [9.17, 15) is 9.90 Å². The number of fused-ring (bicyclic) bond motifs is 1. The lowest BCUT2D eigenvalue weighted by atomic mass is 9.81. The van der Waals surface area contributed by atoms with Crippen LogP contribution in [0.15, 0.2) is 53.0 Å². The number of benzene rings is 2. The van der Waals surface area contributed by atoms with E-state index in [0.29, 0.717) is 18.6 Å². The van der Waals surface area contributed by atoms with Crippen molar-refractivity contribution in [2.24, 2.45) is 5.92 Å². The predicted molar refractivity (Wildman–Crippen MR) is 106 cm³/mol. The maximum Gasteiger partial charge on any atom is 0.167 e. The molecule has 1 N–H and O–H groups in total. The molecule has 0 bridgehead atoms. The van der Waals surface area contributed by atoms with Crippen molar-refractivity contribution >= 4 is 21.7 Å². The molecule has 0 saturated carbocycles. The van der Waals surface area contributed by atoms with Gasteiger partial charge in [-0.3, -0.25) is 4.79 Å². The van der Waals surface area contributed by atoms with Crippen molar-refractivity contribution in [2.75, 3.05) is 19.6 Å². The van der Waals surface area contributed by atoms with Gasteiger partial charge in [-0.1, -0.05) is 52.3 Å². The van der Waals surface area contributed by atoms with Gasteiger partial charge in [-0.05, 0) is 48.9 Å². The summed E-state index contributed by atoms with van der Waals surface area (Å²) in [6.45, 7) is 2.46. The first-order valence-corrected chi connectivity index (χ1v) is 10.2. The van der Waals surface area contributed by atoms with E-state index in [-0.39, 0.29) is 5.92 Å². The summed E-state index contributed by atoms with van der Waals surface area (Å²) in [5.41, 5.74) is 2.32. The van der Waals surface area contributed by atoms with Gasteiger partial charge in [0.1, 0.15) is 0 Å². The molecule has 0 spiro atoms. The Morgan fingerprint density at radius 3 is 2.65 bits per heavy atom. The van der Waals surface area contributed by atoms with Gasteiger partial charge in [0.15, 0.2) is 5.78 Å². The topological polar surface area (TPSA) is 40.5 Å². The van der Waals surface area contributed by atoms with E-state index in [1.807, 2.05) is 42.5 Å². The minimum absolute atomic E-state index is 0.0852. The molecule has 1 aliphatic heterocycles. The summed E-state index contributed by atoms with van der Waals surface area (Å²) in [4.78, 5) is 15.1. The van der Waals surface area contributed by atoms with Crippen LogP contribution in [-0.2, 0) is 12.0 Å². The van der Waals surface area contributed by atoms with Gasteiger partial charge < -0.3 is 10.0 Å². The third-order valence-corrected chi connectivity index (χ3v) is 6.43. The number of halogens is 1. The van der Waals surface area contributed by atoms with Crippen molar-refractivity contribution in [2.45, 2.75) is 31.3 Å². The highest BCUT2D eigenvalue weighted by molar-refractivity contribution is 9.10. The number of rotatable bonds is 3. The standard InChI is InChI=1S/C22H24BrNO2/c23-19-6-3-5-18(14-19)22(26)10-12-24(13-11-22)15-17-9-8-16-4-1-2-7-20(16)21(17)25/h1-7,14,17,26H,8-13,15H2. The molecule has 2 aromatic carbocycles. The van der Waals surface area contributed by atoms with E-state index >= 15 is 0 Å². The highest BCUT2D eigenvalue weighted by Gasteiger charge is 2.36. The summed E-state index contributed by atoms with van der Waals surface area (Å²) in [6.07, 6.45) is 3.34. The van der Waals surface area contributed by atoms with Crippen molar-refractivity contribution in [1.82, 2.24) is 4.90 Å². The lowest BCUT2D eigenvalue weighted by Crippen LogP contribution is -2.45. The van der Waals surface area contributed by atoms with Crippen LogP contribution in [0.2, 0.25) is 0 Å². The lowest BCUT2D eigenvalue weighted by molar-refractivity contribution is -0.0283. The second-order valence-electron chi connectivity index (χ2n) is 7.60. The van der Waals surface area contributed by atoms with E-state index in [1.165, 1.54) is 5.56 Å². The normalized spacial score (nSPS) is 22.8. The molecule has 4 heteroatoms. The zero-order valence-corrected chi connectivity index (χ0v) is 16.4. The molecule has 0 aromatic heterocycles. The monoisotopic (exact) mass is 413 g/mol. The Bertz CT molecular complexity index is 811. The highest BCUT2D eigenvalue weighted by atomic mass is 79.9. The summed E-state index contributed by atoms with van der Waals surface area (Å²) < 4.78 is 0.998. The smallest absolute Gasteiger partial charge is 0.167 e. The van der Waals surface area contributed by atoms with Crippen LogP contribution in [0.3, 0.4) is 0 Å². The molecular weight excluding hydrogens is 390 g/mol. The summed E-state index contributed by atoms with van der Waals surface area (Å²) in [6, 6.07) is 16.0. The number of ketones is 1.